The van der Waals surface area contributed by atoms with E-state index in [9.17, 15) is 19.3 Å². The van der Waals surface area contributed by atoms with Crippen LogP contribution in [0.2, 0.25) is 0 Å². The van der Waals surface area contributed by atoms with Crippen molar-refractivity contribution in [1.82, 2.24) is 4.90 Å². The van der Waals surface area contributed by atoms with E-state index in [2.05, 4.69) is 15.9 Å². The molecule has 1 aromatic carbocycles. The number of nitrogens with zero attached hydrogens (tertiary/aromatic N) is 3. The molecule has 1 aliphatic rings. The van der Waals surface area contributed by atoms with Crippen LogP contribution in [0.25, 0.3) is 0 Å². The summed E-state index contributed by atoms with van der Waals surface area (Å²) >= 11 is 3.18. The normalized spacial score (nSPS) is 18.2. The van der Waals surface area contributed by atoms with Crippen LogP contribution >= 0.6 is 15.9 Å². The third-order valence-electron chi connectivity index (χ3n) is 3.78. The first-order valence-corrected chi connectivity index (χ1v) is 8.67. The van der Waals surface area contributed by atoms with E-state index in [-0.39, 0.29) is 11.7 Å². The van der Waals surface area contributed by atoms with Gasteiger partial charge in [-0.05, 0) is 39.8 Å². The zero-order valence-electron chi connectivity index (χ0n) is 14.6. The standard InChI is InChI=1S/C16H21BrFN3O4/c1-10-9-19(15(22)25-16(2,3)4)5-6-20(10)13-8-11(17)7-12(18)14(13)21(23)24/h7-8,10H,5-6,9H2,1-4H3. The number of nitro benzene ring substituents is 1. The van der Waals surface area contributed by atoms with Gasteiger partial charge in [0.05, 0.1) is 4.92 Å². The molecule has 1 aromatic rings. The molecule has 0 aromatic heterocycles. The number of carbonyl (C=O) groups excluding carboxylic acids is 1. The van der Waals surface area contributed by atoms with Gasteiger partial charge in [0, 0.05) is 30.1 Å². The fraction of sp³-hybridized carbons (Fsp3) is 0.562. The molecule has 1 atom stereocenters. The molecule has 1 aliphatic heterocycles. The molecule has 0 aliphatic carbocycles. The molecule has 25 heavy (non-hydrogen) atoms. The van der Waals surface area contributed by atoms with Gasteiger partial charge in [0.2, 0.25) is 5.82 Å². The van der Waals surface area contributed by atoms with Gasteiger partial charge in [0.1, 0.15) is 11.3 Å². The Morgan fingerprint density at radius 3 is 2.56 bits per heavy atom. The number of ether oxygens (including phenoxy) is 1. The number of amides is 1. The number of halogens is 2. The highest BCUT2D eigenvalue weighted by Crippen LogP contribution is 2.36. The Kier molecular flexibility index (Phi) is 5.55. The molecule has 2 rings (SSSR count). The van der Waals surface area contributed by atoms with Crippen LogP contribution in [0.5, 0.6) is 0 Å². The summed E-state index contributed by atoms with van der Waals surface area (Å²) in [6.07, 6.45) is -0.422. The maximum Gasteiger partial charge on any atom is 0.410 e. The predicted octanol–water partition coefficient (Wildman–Crippen LogP) is 3.94. The van der Waals surface area contributed by atoms with Crippen LogP contribution in [0.3, 0.4) is 0 Å². The van der Waals surface area contributed by atoms with Gasteiger partial charge in [-0.2, -0.15) is 4.39 Å². The second kappa shape index (κ2) is 7.15. The van der Waals surface area contributed by atoms with Gasteiger partial charge < -0.3 is 14.5 Å². The van der Waals surface area contributed by atoms with Gasteiger partial charge >= 0.3 is 11.8 Å². The Balaban J connectivity index is 2.23. The largest absolute Gasteiger partial charge is 0.444 e. The van der Waals surface area contributed by atoms with Gasteiger partial charge in [-0.3, -0.25) is 10.1 Å². The fourth-order valence-corrected chi connectivity index (χ4v) is 3.18. The maximum absolute atomic E-state index is 14.1. The van der Waals surface area contributed by atoms with Crippen LogP contribution in [-0.2, 0) is 4.74 Å². The molecule has 0 bridgehead atoms. The summed E-state index contributed by atoms with van der Waals surface area (Å²) in [5.41, 5.74) is -0.946. The molecule has 1 saturated heterocycles. The summed E-state index contributed by atoms with van der Waals surface area (Å²) in [5.74, 6) is -0.892. The number of benzene rings is 1. The van der Waals surface area contributed by atoms with E-state index < -0.39 is 28.1 Å². The summed E-state index contributed by atoms with van der Waals surface area (Å²) in [6, 6.07) is 2.37. The molecular formula is C16H21BrFN3O4. The number of nitro groups is 1. The lowest BCUT2D eigenvalue weighted by Gasteiger charge is -2.41. The summed E-state index contributed by atoms with van der Waals surface area (Å²) in [7, 11) is 0. The molecule has 0 radical (unpaired) electrons. The van der Waals surface area contributed by atoms with E-state index in [1.54, 1.807) is 30.6 Å². The first kappa shape index (κ1) is 19.4. The highest BCUT2D eigenvalue weighted by atomic mass is 79.9. The van der Waals surface area contributed by atoms with Gasteiger partial charge in [-0.25, -0.2) is 4.79 Å². The Morgan fingerprint density at radius 1 is 1.40 bits per heavy atom. The molecule has 1 fully saturated rings. The van der Waals surface area contributed by atoms with Crippen LogP contribution in [0.15, 0.2) is 16.6 Å². The number of anilines is 1. The monoisotopic (exact) mass is 417 g/mol. The van der Waals surface area contributed by atoms with Crippen LogP contribution in [-0.4, -0.2) is 47.2 Å². The number of hydrogen-bond acceptors (Lipinski definition) is 5. The molecule has 1 unspecified atom stereocenters. The van der Waals surface area contributed by atoms with Crippen molar-refractivity contribution >= 4 is 33.4 Å². The molecule has 0 spiro atoms. The number of piperazine rings is 1. The third-order valence-corrected chi connectivity index (χ3v) is 4.24. The second-order valence-corrected chi connectivity index (χ2v) is 7.90. The number of rotatable bonds is 2. The fourth-order valence-electron chi connectivity index (χ4n) is 2.76. The van der Waals surface area contributed by atoms with Crippen molar-refractivity contribution < 1.29 is 18.8 Å². The first-order chi connectivity index (χ1) is 11.5. The van der Waals surface area contributed by atoms with Crippen molar-refractivity contribution in [2.24, 2.45) is 0 Å². The average molecular weight is 418 g/mol. The van der Waals surface area contributed by atoms with Crippen LogP contribution < -0.4 is 4.90 Å². The van der Waals surface area contributed by atoms with Gasteiger partial charge in [-0.1, -0.05) is 15.9 Å². The minimum Gasteiger partial charge on any atom is -0.444 e. The third kappa shape index (κ3) is 4.59. The molecule has 0 N–H and O–H groups in total. The average Bonchev–Trinajstić information content (AvgIpc) is 2.43. The topological polar surface area (TPSA) is 75.9 Å². The summed E-state index contributed by atoms with van der Waals surface area (Å²) in [5, 5.41) is 11.3. The first-order valence-electron chi connectivity index (χ1n) is 7.87. The van der Waals surface area contributed by atoms with Crippen LogP contribution in [0, 0.1) is 15.9 Å². The van der Waals surface area contributed by atoms with Crippen molar-refractivity contribution in [2.45, 2.75) is 39.3 Å². The number of hydrogen-bond donors (Lipinski definition) is 0. The maximum atomic E-state index is 14.1. The van der Waals surface area contributed by atoms with Crippen molar-refractivity contribution in [3.63, 3.8) is 0 Å². The van der Waals surface area contributed by atoms with Gasteiger partial charge in [-0.15, -0.1) is 0 Å². The lowest BCUT2D eigenvalue weighted by molar-refractivity contribution is -0.386. The molecule has 1 heterocycles. The Morgan fingerprint density at radius 2 is 2.04 bits per heavy atom. The van der Waals surface area contributed by atoms with E-state index in [0.29, 0.717) is 24.1 Å². The van der Waals surface area contributed by atoms with Crippen molar-refractivity contribution in [3.05, 3.63) is 32.5 Å². The molecule has 9 heteroatoms. The zero-order valence-corrected chi connectivity index (χ0v) is 16.2. The molecule has 1 amide bonds. The highest BCUT2D eigenvalue weighted by Gasteiger charge is 2.34. The van der Waals surface area contributed by atoms with Crippen molar-refractivity contribution in [1.29, 1.82) is 0 Å². The van der Waals surface area contributed by atoms with E-state index in [1.165, 1.54) is 6.07 Å². The van der Waals surface area contributed by atoms with Gasteiger partial charge in [0.25, 0.3) is 0 Å². The van der Waals surface area contributed by atoms with E-state index in [4.69, 9.17) is 4.74 Å². The van der Waals surface area contributed by atoms with E-state index in [1.807, 2.05) is 6.92 Å². The minimum absolute atomic E-state index is 0.202. The zero-order chi connectivity index (χ0) is 18.9. The Hall–Kier alpha value is -1.90. The van der Waals surface area contributed by atoms with Crippen molar-refractivity contribution in [3.8, 4) is 0 Å². The SMILES string of the molecule is CC1CN(C(=O)OC(C)(C)C)CCN1c1cc(Br)cc(F)c1[N+](=O)[O-]. The highest BCUT2D eigenvalue weighted by molar-refractivity contribution is 9.10. The summed E-state index contributed by atoms with van der Waals surface area (Å²) in [4.78, 5) is 26.1. The smallest absolute Gasteiger partial charge is 0.410 e. The van der Waals surface area contributed by atoms with E-state index >= 15 is 0 Å². The van der Waals surface area contributed by atoms with Crippen molar-refractivity contribution in [2.75, 3.05) is 24.5 Å². The molecule has 7 nitrogen and oxygen atoms in total. The van der Waals surface area contributed by atoms with Gasteiger partial charge in [0.15, 0.2) is 0 Å². The summed E-state index contributed by atoms with van der Waals surface area (Å²) in [6.45, 7) is 8.22. The minimum atomic E-state index is -0.892. The number of carbonyl (C=O) groups is 1. The molecular weight excluding hydrogens is 397 g/mol. The molecule has 0 saturated carbocycles. The quantitative estimate of drug-likeness (QED) is 0.537. The van der Waals surface area contributed by atoms with Crippen LogP contribution in [0.1, 0.15) is 27.7 Å². The van der Waals surface area contributed by atoms with E-state index in [0.717, 1.165) is 6.07 Å². The molecule has 138 valence electrons. The van der Waals surface area contributed by atoms with Crippen LogP contribution in [0.4, 0.5) is 20.6 Å². The predicted molar refractivity (Wildman–Crippen MR) is 95.4 cm³/mol. The summed E-state index contributed by atoms with van der Waals surface area (Å²) < 4.78 is 19.8. The Bertz CT molecular complexity index is 693. The lowest BCUT2D eigenvalue weighted by Crippen LogP contribution is -2.54. The Labute approximate surface area is 154 Å². The second-order valence-electron chi connectivity index (χ2n) is 6.98. The lowest BCUT2D eigenvalue weighted by atomic mass is 10.1.